The molecular weight excluding hydrogens is 729 g/mol. The standard InChI is InChI=1S/C42H35Cl2N3O7/c1-21-18-24(6-17-35(21)49)37-29-14-15-30-36(40(52)46(38(30)50)27-10-4-23(5-11-27)22(2)48)31(29)20-32-39(51)47(45-34-16-9-26(43)19-33(34)44)41(53)42(32,37)25-7-12-28(54-3)13-8-25/h4-14,16-19,30-32,36-37,45,49H,15,20H2,1-3H3/t30-,31+,32-,36-,37-,42+/m0/s1. The molecule has 3 fully saturated rings. The number of hydrogen-bond donors (Lipinski definition) is 2. The molecule has 0 radical (unpaired) electrons. The summed E-state index contributed by atoms with van der Waals surface area (Å²) in [5, 5.41) is 12.2. The van der Waals surface area contributed by atoms with Crippen LogP contribution in [0.3, 0.4) is 0 Å². The number of Topliss-reactive ketones (excluding diaryl/α,β-unsaturated/α-hetero) is 1. The van der Waals surface area contributed by atoms with Crippen LogP contribution in [0.2, 0.25) is 10.0 Å². The molecule has 10 nitrogen and oxygen atoms in total. The van der Waals surface area contributed by atoms with Crippen LogP contribution in [-0.4, -0.2) is 46.6 Å². The average molecular weight is 765 g/mol. The van der Waals surface area contributed by atoms with E-state index >= 15 is 4.79 Å². The molecule has 2 N–H and O–H groups in total. The average Bonchev–Trinajstić information content (AvgIpc) is 3.54. The lowest BCUT2D eigenvalue weighted by Gasteiger charge is -2.50. The fourth-order valence-corrected chi connectivity index (χ4v) is 9.63. The number of ether oxygens (including phenoxy) is 1. The lowest BCUT2D eigenvalue weighted by Crippen LogP contribution is -2.53. The highest BCUT2D eigenvalue weighted by Crippen LogP contribution is 2.64. The Morgan fingerprint density at radius 1 is 0.889 bits per heavy atom. The summed E-state index contributed by atoms with van der Waals surface area (Å²) in [6.07, 6.45) is 2.31. The largest absolute Gasteiger partial charge is 0.508 e. The molecule has 8 rings (SSSR count). The Morgan fingerprint density at radius 3 is 2.26 bits per heavy atom. The molecule has 2 aliphatic carbocycles. The van der Waals surface area contributed by atoms with Gasteiger partial charge in [-0.1, -0.05) is 59.1 Å². The zero-order chi connectivity index (χ0) is 38.2. The molecule has 2 saturated heterocycles. The van der Waals surface area contributed by atoms with E-state index in [1.165, 1.54) is 17.9 Å². The molecule has 4 aromatic carbocycles. The second-order valence-corrected chi connectivity index (χ2v) is 15.2. The molecule has 4 amide bonds. The van der Waals surface area contributed by atoms with E-state index in [4.69, 9.17) is 27.9 Å². The molecule has 274 valence electrons. The van der Waals surface area contributed by atoms with E-state index < -0.39 is 52.7 Å². The van der Waals surface area contributed by atoms with Gasteiger partial charge in [-0.2, -0.15) is 5.01 Å². The van der Waals surface area contributed by atoms with E-state index in [1.54, 1.807) is 86.8 Å². The minimum Gasteiger partial charge on any atom is -0.508 e. The van der Waals surface area contributed by atoms with Gasteiger partial charge in [0, 0.05) is 16.5 Å². The molecule has 12 heteroatoms. The zero-order valence-corrected chi connectivity index (χ0v) is 31.0. The van der Waals surface area contributed by atoms with Crippen LogP contribution in [0.5, 0.6) is 11.5 Å². The van der Waals surface area contributed by atoms with Crippen LogP contribution in [0.1, 0.15) is 52.7 Å². The Kier molecular flexibility index (Phi) is 8.66. The fourth-order valence-electron chi connectivity index (χ4n) is 9.18. The molecular formula is C42H35Cl2N3O7. The number of anilines is 2. The highest BCUT2D eigenvalue weighted by Gasteiger charge is 2.70. The van der Waals surface area contributed by atoms with Crippen molar-refractivity contribution in [2.24, 2.45) is 23.7 Å². The first-order chi connectivity index (χ1) is 25.9. The number of phenols is 1. The van der Waals surface area contributed by atoms with Gasteiger partial charge in [0.25, 0.3) is 11.8 Å². The summed E-state index contributed by atoms with van der Waals surface area (Å²) in [5.41, 5.74) is 5.15. The predicted octanol–water partition coefficient (Wildman–Crippen LogP) is 7.41. The van der Waals surface area contributed by atoms with Gasteiger partial charge in [-0.3, -0.25) is 34.3 Å². The van der Waals surface area contributed by atoms with E-state index in [0.29, 0.717) is 44.4 Å². The first-order valence-electron chi connectivity index (χ1n) is 17.6. The second kappa shape index (κ2) is 13.1. The van der Waals surface area contributed by atoms with Gasteiger partial charge in [-0.15, -0.1) is 0 Å². The number of benzene rings is 4. The fraction of sp³-hybridized carbons (Fsp3) is 0.262. The van der Waals surface area contributed by atoms with Gasteiger partial charge >= 0.3 is 0 Å². The smallest absolute Gasteiger partial charge is 0.260 e. The predicted molar refractivity (Wildman–Crippen MR) is 202 cm³/mol. The number of hydrogen-bond acceptors (Lipinski definition) is 8. The molecule has 1 saturated carbocycles. The molecule has 0 spiro atoms. The minimum atomic E-state index is -1.53. The molecule has 0 aromatic heterocycles. The van der Waals surface area contributed by atoms with Crippen molar-refractivity contribution in [1.29, 1.82) is 0 Å². The molecule has 2 aliphatic heterocycles. The number of methoxy groups -OCH3 is 1. The van der Waals surface area contributed by atoms with Crippen LogP contribution in [0.4, 0.5) is 11.4 Å². The number of imide groups is 2. The number of hydrazine groups is 1. The lowest BCUT2D eigenvalue weighted by atomic mass is 9.49. The van der Waals surface area contributed by atoms with E-state index in [2.05, 4.69) is 5.43 Å². The van der Waals surface area contributed by atoms with Crippen molar-refractivity contribution in [2.45, 2.75) is 38.0 Å². The third-order valence-electron chi connectivity index (χ3n) is 11.7. The van der Waals surface area contributed by atoms with Crippen molar-refractivity contribution < 1.29 is 33.8 Å². The normalized spacial score (nSPS) is 25.9. The number of nitrogens with one attached hydrogen (secondary N) is 1. The molecule has 4 aliphatic rings. The van der Waals surface area contributed by atoms with Gasteiger partial charge in [0.2, 0.25) is 11.8 Å². The van der Waals surface area contributed by atoms with Gasteiger partial charge in [0.05, 0.1) is 46.7 Å². The zero-order valence-electron chi connectivity index (χ0n) is 29.5. The number of aromatic hydroxyl groups is 1. The number of ketones is 1. The second-order valence-electron chi connectivity index (χ2n) is 14.4. The van der Waals surface area contributed by atoms with E-state index in [-0.39, 0.29) is 35.3 Å². The van der Waals surface area contributed by atoms with Gasteiger partial charge < -0.3 is 9.84 Å². The highest BCUT2D eigenvalue weighted by molar-refractivity contribution is 6.36. The number of amides is 4. The summed E-state index contributed by atoms with van der Waals surface area (Å²) in [6, 6.07) is 23.3. The van der Waals surface area contributed by atoms with Gasteiger partial charge in [-0.05, 0) is 110 Å². The Labute approximate surface area is 321 Å². The Hall–Kier alpha value is -5.45. The lowest BCUT2D eigenvalue weighted by molar-refractivity contribution is -0.138. The number of halogens is 2. The SMILES string of the molecule is COc1ccc([C@@]23C(=O)N(Nc4ccc(Cl)cc4Cl)C(=O)[C@@H]2C[C@@H]2C(=CC[C@@H]4C(=O)N(c5ccc(C(C)=O)cc5)C(=O)[C@@H]42)[C@@H]3c2ccc(O)c(C)c2)cc1. The summed E-state index contributed by atoms with van der Waals surface area (Å²) in [7, 11) is 1.54. The van der Waals surface area contributed by atoms with E-state index in [0.717, 1.165) is 10.6 Å². The number of phenolic OH excluding ortho intramolecular Hbond substituents is 1. The number of nitrogens with zero attached hydrogens (tertiary/aromatic N) is 2. The van der Waals surface area contributed by atoms with Crippen molar-refractivity contribution in [3.05, 3.63) is 129 Å². The van der Waals surface area contributed by atoms with Crippen molar-refractivity contribution in [3.63, 3.8) is 0 Å². The quantitative estimate of drug-likeness (QED) is 0.113. The first kappa shape index (κ1) is 35.6. The number of fused-ring (bicyclic) bond motifs is 4. The third-order valence-corrected chi connectivity index (χ3v) is 12.2. The van der Waals surface area contributed by atoms with E-state index in [1.807, 2.05) is 12.1 Å². The van der Waals surface area contributed by atoms with Gasteiger partial charge in [-0.25, -0.2) is 0 Å². The van der Waals surface area contributed by atoms with Crippen LogP contribution in [0.25, 0.3) is 0 Å². The van der Waals surface area contributed by atoms with Crippen LogP contribution in [0.15, 0.2) is 96.6 Å². The minimum absolute atomic E-state index is 0.0661. The summed E-state index contributed by atoms with van der Waals surface area (Å²) >= 11 is 12.7. The van der Waals surface area contributed by atoms with Crippen LogP contribution >= 0.6 is 23.2 Å². The van der Waals surface area contributed by atoms with Gasteiger partial charge in [0.1, 0.15) is 11.5 Å². The van der Waals surface area contributed by atoms with E-state index in [9.17, 15) is 24.3 Å². The van der Waals surface area contributed by atoms with Crippen molar-refractivity contribution in [1.82, 2.24) is 5.01 Å². The Balaban J connectivity index is 1.31. The number of rotatable bonds is 7. The molecule has 0 bridgehead atoms. The van der Waals surface area contributed by atoms with Crippen molar-refractivity contribution >= 4 is 64.0 Å². The third kappa shape index (κ3) is 5.26. The van der Waals surface area contributed by atoms with Crippen LogP contribution in [-0.2, 0) is 24.6 Å². The summed E-state index contributed by atoms with van der Waals surface area (Å²) in [4.78, 5) is 72.1. The number of aryl methyl sites for hydroxylation is 1. The summed E-state index contributed by atoms with van der Waals surface area (Å²) in [6.45, 7) is 3.20. The Bertz CT molecular complexity index is 2310. The molecule has 54 heavy (non-hydrogen) atoms. The molecule has 0 unspecified atom stereocenters. The summed E-state index contributed by atoms with van der Waals surface area (Å²) < 4.78 is 5.47. The monoisotopic (exact) mass is 763 g/mol. The van der Waals surface area contributed by atoms with Crippen LogP contribution in [0, 0.1) is 30.6 Å². The molecule has 4 aromatic rings. The Morgan fingerprint density at radius 2 is 1.61 bits per heavy atom. The first-order valence-corrected chi connectivity index (χ1v) is 18.3. The molecule has 6 atom stereocenters. The summed E-state index contributed by atoms with van der Waals surface area (Å²) in [5.74, 6) is -5.17. The van der Waals surface area contributed by atoms with Crippen molar-refractivity contribution in [3.8, 4) is 11.5 Å². The number of allylic oxidation sites excluding steroid dienone is 2. The molecule has 2 heterocycles. The highest BCUT2D eigenvalue weighted by atomic mass is 35.5. The number of carbonyl (C=O) groups is 5. The van der Waals surface area contributed by atoms with Crippen LogP contribution < -0.4 is 15.1 Å². The maximum Gasteiger partial charge on any atom is 0.260 e. The maximum absolute atomic E-state index is 15.4. The maximum atomic E-state index is 15.4. The van der Waals surface area contributed by atoms with Crippen molar-refractivity contribution in [2.75, 3.05) is 17.4 Å². The number of carbonyl (C=O) groups excluding carboxylic acids is 5. The topological polar surface area (TPSA) is 133 Å². The van der Waals surface area contributed by atoms with Gasteiger partial charge in [0.15, 0.2) is 5.78 Å².